The van der Waals surface area contributed by atoms with Crippen LogP contribution in [0.15, 0.2) is 18.2 Å². The third kappa shape index (κ3) is 3.10. The average Bonchev–Trinajstić information content (AvgIpc) is 3.20. The Morgan fingerprint density at radius 2 is 2.24 bits per heavy atom. The van der Waals surface area contributed by atoms with Crippen LogP contribution in [0, 0.1) is 10.1 Å². The number of anilines is 1. The van der Waals surface area contributed by atoms with Gasteiger partial charge >= 0.3 is 5.69 Å². The molecule has 0 amide bonds. The normalized spacial score (nSPS) is 22.2. The van der Waals surface area contributed by atoms with E-state index in [9.17, 15) is 10.1 Å². The summed E-state index contributed by atoms with van der Waals surface area (Å²) in [6, 6.07) is 6.24. The van der Waals surface area contributed by atoms with Gasteiger partial charge in [-0.2, -0.15) is 0 Å². The van der Waals surface area contributed by atoms with Crippen molar-refractivity contribution in [2.45, 2.75) is 38.3 Å². The number of para-hydroxylation sites is 1. The fourth-order valence-electron chi connectivity index (χ4n) is 3.00. The zero-order valence-electron chi connectivity index (χ0n) is 12.2. The molecule has 1 aliphatic heterocycles. The van der Waals surface area contributed by atoms with Gasteiger partial charge in [0.25, 0.3) is 0 Å². The number of likely N-dealkylation sites (tertiary alicyclic amines) is 1. The Morgan fingerprint density at radius 3 is 2.90 bits per heavy atom. The molecule has 6 heteroatoms. The maximum absolute atomic E-state index is 11.3. The second kappa shape index (κ2) is 5.89. The summed E-state index contributed by atoms with van der Waals surface area (Å²) in [6.45, 7) is 4.31. The molecule has 0 aromatic heterocycles. The zero-order chi connectivity index (χ0) is 14.8. The van der Waals surface area contributed by atoms with Gasteiger partial charge in [-0.05, 0) is 38.3 Å². The van der Waals surface area contributed by atoms with Crippen LogP contribution >= 0.6 is 0 Å². The highest BCUT2D eigenvalue weighted by molar-refractivity contribution is 5.68. The average molecular weight is 291 g/mol. The molecule has 2 aliphatic rings. The number of hydrogen-bond donors (Lipinski definition) is 1. The number of nitrogens with zero attached hydrogens (tertiary/aromatic N) is 2. The van der Waals surface area contributed by atoms with Crippen LogP contribution in [-0.2, 0) is 0 Å². The van der Waals surface area contributed by atoms with Crippen molar-refractivity contribution >= 4 is 11.4 Å². The summed E-state index contributed by atoms with van der Waals surface area (Å²) in [4.78, 5) is 13.5. The van der Waals surface area contributed by atoms with Crippen molar-refractivity contribution in [3.63, 3.8) is 0 Å². The van der Waals surface area contributed by atoms with Gasteiger partial charge in [0.15, 0.2) is 5.75 Å². The van der Waals surface area contributed by atoms with E-state index in [1.54, 1.807) is 18.2 Å². The molecule has 0 spiro atoms. The molecule has 3 rings (SSSR count). The zero-order valence-corrected chi connectivity index (χ0v) is 12.2. The summed E-state index contributed by atoms with van der Waals surface area (Å²) >= 11 is 0. The lowest BCUT2D eigenvalue weighted by Gasteiger charge is -2.17. The van der Waals surface area contributed by atoms with Gasteiger partial charge in [-0.3, -0.25) is 15.0 Å². The summed E-state index contributed by atoms with van der Waals surface area (Å²) in [6.07, 6.45) is 3.63. The highest BCUT2D eigenvalue weighted by Gasteiger charge is 2.35. The van der Waals surface area contributed by atoms with E-state index < -0.39 is 0 Å². The first-order chi connectivity index (χ1) is 10.2. The van der Waals surface area contributed by atoms with E-state index in [0.717, 1.165) is 25.6 Å². The lowest BCUT2D eigenvalue weighted by atomic mass is 10.2. The summed E-state index contributed by atoms with van der Waals surface area (Å²) in [5, 5.41) is 14.7. The van der Waals surface area contributed by atoms with E-state index in [4.69, 9.17) is 4.74 Å². The predicted octanol–water partition coefficient (Wildman–Crippen LogP) is 2.64. The highest BCUT2D eigenvalue weighted by atomic mass is 16.6. The Bertz CT molecular complexity index is 531. The van der Waals surface area contributed by atoms with Crippen molar-refractivity contribution in [2.75, 3.05) is 25.0 Å². The van der Waals surface area contributed by atoms with Crippen molar-refractivity contribution in [2.24, 2.45) is 0 Å². The number of benzene rings is 1. The van der Waals surface area contributed by atoms with Crippen LogP contribution in [0.4, 0.5) is 11.4 Å². The van der Waals surface area contributed by atoms with E-state index in [-0.39, 0.29) is 16.7 Å². The molecule has 1 heterocycles. The molecule has 6 nitrogen and oxygen atoms in total. The molecule has 1 unspecified atom stereocenters. The Labute approximate surface area is 124 Å². The third-order valence-corrected chi connectivity index (χ3v) is 4.12. The van der Waals surface area contributed by atoms with E-state index in [1.807, 2.05) is 6.92 Å². The van der Waals surface area contributed by atoms with Crippen LogP contribution in [0.2, 0.25) is 0 Å². The van der Waals surface area contributed by atoms with Crippen molar-refractivity contribution < 1.29 is 9.66 Å². The summed E-state index contributed by atoms with van der Waals surface area (Å²) in [5.41, 5.74) is 0.609. The molecule has 1 saturated heterocycles. The van der Waals surface area contributed by atoms with Gasteiger partial charge in [0.1, 0.15) is 5.69 Å². The molecule has 114 valence electrons. The molecule has 21 heavy (non-hydrogen) atoms. The number of nitro groups is 1. The minimum Gasteiger partial charge on any atom is -0.487 e. The Hall–Kier alpha value is -1.82. The Morgan fingerprint density at radius 1 is 1.43 bits per heavy atom. The lowest BCUT2D eigenvalue weighted by Crippen LogP contribution is -2.27. The van der Waals surface area contributed by atoms with E-state index in [0.29, 0.717) is 18.0 Å². The van der Waals surface area contributed by atoms with Gasteiger partial charge in [-0.15, -0.1) is 0 Å². The molecule has 2 fully saturated rings. The van der Waals surface area contributed by atoms with Gasteiger partial charge in [0.05, 0.1) is 11.5 Å². The molecule has 0 bridgehead atoms. The van der Waals surface area contributed by atoms with Gasteiger partial charge in [0, 0.05) is 25.2 Å². The van der Waals surface area contributed by atoms with Crippen LogP contribution in [0.5, 0.6) is 5.75 Å². The second-order valence-electron chi connectivity index (χ2n) is 5.70. The quantitative estimate of drug-likeness (QED) is 0.644. The SMILES string of the molecule is CCOc1cccc(NC2CCN(C3CC3)C2)c1[N+](=O)[O-]. The van der Waals surface area contributed by atoms with Crippen molar-refractivity contribution in [3.8, 4) is 5.75 Å². The third-order valence-electron chi connectivity index (χ3n) is 4.12. The molecule has 1 aromatic rings. The van der Waals surface area contributed by atoms with Crippen molar-refractivity contribution in [3.05, 3.63) is 28.3 Å². The van der Waals surface area contributed by atoms with Gasteiger partial charge in [-0.1, -0.05) is 6.07 Å². The van der Waals surface area contributed by atoms with Crippen LogP contribution in [0.3, 0.4) is 0 Å². The molecule has 1 saturated carbocycles. The number of nitro benzene ring substituents is 1. The summed E-state index contributed by atoms with van der Waals surface area (Å²) < 4.78 is 5.38. The van der Waals surface area contributed by atoms with Gasteiger partial charge < -0.3 is 10.1 Å². The maximum atomic E-state index is 11.3. The minimum atomic E-state index is -0.360. The molecule has 1 aliphatic carbocycles. The van der Waals surface area contributed by atoms with Crippen molar-refractivity contribution in [1.82, 2.24) is 4.90 Å². The van der Waals surface area contributed by atoms with Crippen molar-refractivity contribution in [1.29, 1.82) is 0 Å². The molecule has 1 aromatic carbocycles. The van der Waals surface area contributed by atoms with Crippen LogP contribution < -0.4 is 10.1 Å². The fourth-order valence-corrected chi connectivity index (χ4v) is 3.00. The summed E-state index contributed by atoms with van der Waals surface area (Å²) in [5.74, 6) is 0.338. The first kappa shape index (κ1) is 14.1. The topological polar surface area (TPSA) is 67.6 Å². The van der Waals surface area contributed by atoms with E-state index in [2.05, 4.69) is 10.2 Å². The van der Waals surface area contributed by atoms with Gasteiger partial charge in [-0.25, -0.2) is 0 Å². The lowest BCUT2D eigenvalue weighted by molar-refractivity contribution is -0.385. The second-order valence-corrected chi connectivity index (χ2v) is 5.70. The van der Waals surface area contributed by atoms with Gasteiger partial charge in [0.2, 0.25) is 0 Å². The number of ether oxygens (including phenoxy) is 1. The Balaban J connectivity index is 1.75. The minimum absolute atomic E-state index is 0.0456. The highest BCUT2D eigenvalue weighted by Crippen LogP contribution is 2.36. The number of nitrogens with one attached hydrogen (secondary N) is 1. The van der Waals surface area contributed by atoms with Crippen LogP contribution in [0.1, 0.15) is 26.2 Å². The molecule has 1 atom stereocenters. The summed E-state index contributed by atoms with van der Waals surface area (Å²) in [7, 11) is 0. The monoisotopic (exact) mass is 291 g/mol. The first-order valence-corrected chi connectivity index (χ1v) is 7.60. The first-order valence-electron chi connectivity index (χ1n) is 7.60. The molecule has 0 radical (unpaired) electrons. The fraction of sp³-hybridized carbons (Fsp3) is 0.600. The van der Waals surface area contributed by atoms with E-state index >= 15 is 0 Å². The standard InChI is InChI=1S/C15H21N3O3/c1-2-21-14-5-3-4-13(15(14)18(19)20)16-11-8-9-17(10-11)12-6-7-12/h3-5,11-12,16H,2,6-10H2,1H3. The molecular weight excluding hydrogens is 270 g/mol. The largest absolute Gasteiger partial charge is 0.487 e. The molecule has 1 N–H and O–H groups in total. The molecular formula is C15H21N3O3. The Kier molecular flexibility index (Phi) is 3.96. The smallest absolute Gasteiger partial charge is 0.333 e. The number of rotatable bonds is 6. The van der Waals surface area contributed by atoms with Crippen LogP contribution in [0.25, 0.3) is 0 Å². The van der Waals surface area contributed by atoms with Crippen LogP contribution in [-0.4, -0.2) is 41.6 Å². The maximum Gasteiger partial charge on any atom is 0.333 e. The van der Waals surface area contributed by atoms with E-state index in [1.165, 1.54) is 12.8 Å². The number of hydrogen-bond acceptors (Lipinski definition) is 5. The predicted molar refractivity (Wildman–Crippen MR) is 80.9 cm³/mol.